The lowest BCUT2D eigenvalue weighted by Gasteiger charge is -2.26. The third-order valence-electron chi connectivity index (χ3n) is 6.35. The van der Waals surface area contributed by atoms with E-state index in [-0.39, 0.29) is 16.9 Å². The SMILES string of the molecule is CCOc1ccc(/C(O)=C2\C(=O)C(=O)N(c3cccc(C)c3)C2c2ccc(OCC)c(OC)c2)c(OCC)c1. The van der Waals surface area contributed by atoms with E-state index in [4.69, 9.17) is 18.9 Å². The second kappa shape index (κ2) is 11.9. The number of methoxy groups -OCH3 is 1. The number of ketones is 1. The molecule has 204 valence electrons. The van der Waals surface area contributed by atoms with Crippen LogP contribution in [0.25, 0.3) is 5.76 Å². The second-order valence-corrected chi connectivity index (χ2v) is 8.88. The van der Waals surface area contributed by atoms with Gasteiger partial charge in [0, 0.05) is 11.8 Å². The number of hydrogen-bond acceptors (Lipinski definition) is 7. The van der Waals surface area contributed by atoms with Gasteiger partial charge in [0.2, 0.25) is 0 Å². The van der Waals surface area contributed by atoms with Crippen LogP contribution < -0.4 is 23.8 Å². The first-order chi connectivity index (χ1) is 18.8. The molecule has 4 rings (SSSR count). The van der Waals surface area contributed by atoms with E-state index in [1.165, 1.54) is 12.0 Å². The molecule has 0 spiro atoms. The summed E-state index contributed by atoms with van der Waals surface area (Å²) in [6, 6.07) is 16.6. The van der Waals surface area contributed by atoms with Crippen molar-refractivity contribution in [3.63, 3.8) is 0 Å². The number of hydrogen-bond donors (Lipinski definition) is 1. The first-order valence-electron chi connectivity index (χ1n) is 12.9. The van der Waals surface area contributed by atoms with Crippen molar-refractivity contribution >= 4 is 23.1 Å². The predicted octanol–water partition coefficient (Wildman–Crippen LogP) is 5.83. The van der Waals surface area contributed by atoms with Crippen LogP contribution in [0, 0.1) is 6.92 Å². The number of aliphatic hydroxyl groups is 1. The number of aryl methyl sites for hydroxylation is 1. The Kier molecular flexibility index (Phi) is 8.44. The van der Waals surface area contributed by atoms with Crippen molar-refractivity contribution in [2.45, 2.75) is 33.7 Å². The third-order valence-corrected chi connectivity index (χ3v) is 6.35. The minimum absolute atomic E-state index is 0.0576. The molecule has 3 aromatic carbocycles. The highest BCUT2D eigenvalue weighted by Gasteiger charge is 2.47. The maximum Gasteiger partial charge on any atom is 0.300 e. The van der Waals surface area contributed by atoms with Gasteiger partial charge in [0.15, 0.2) is 11.5 Å². The van der Waals surface area contributed by atoms with Gasteiger partial charge in [-0.15, -0.1) is 0 Å². The van der Waals surface area contributed by atoms with Crippen molar-refractivity contribution in [2.24, 2.45) is 0 Å². The molecule has 1 heterocycles. The third kappa shape index (κ3) is 5.41. The van der Waals surface area contributed by atoms with Gasteiger partial charge in [-0.2, -0.15) is 0 Å². The van der Waals surface area contributed by atoms with Crippen LogP contribution in [0.1, 0.15) is 43.5 Å². The van der Waals surface area contributed by atoms with Crippen LogP contribution >= 0.6 is 0 Å². The van der Waals surface area contributed by atoms with E-state index in [2.05, 4.69) is 0 Å². The number of aliphatic hydroxyl groups excluding tert-OH is 1. The summed E-state index contributed by atoms with van der Waals surface area (Å²) >= 11 is 0. The summed E-state index contributed by atoms with van der Waals surface area (Å²) in [6.45, 7) is 8.68. The molecule has 39 heavy (non-hydrogen) atoms. The number of amides is 1. The van der Waals surface area contributed by atoms with Gasteiger partial charge >= 0.3 is 0 Å². The van der Waals surface area contributed by atoms with Crippen molar-refractivity contribution in [3.8, 4) is 23.0 Å². The predicted molar refractivity (Wildman–Crippen MR) is 149 cm³/mol. The van der Waals surface area contributed by atoms with Gasteiger partial charge in [-0.1, -0.05) is 18.2 Å². The molecular formula is C31H33NO7. The van der Waals surface area contributed by atoms with Crippen molar-refractivity contribution in [1.29, 1.82) is 0 Å². The minimum atomic E-state index is -0.933. The number of carbonyl (C=O) groups excluding carboxylic acids is 2. The van der Waals surface area contributed by atoms with Crippen molar-refractivity contribution in [3.05, 3.63) is 82.9 Å². The summed E-state index contributed by atoms with van der Waals surface area (Å²) in [6.07, 6.45) is 0. The molecule has 1 amide bonds. The molecule has 3 aromatic rings. The van der Waals surface area contributed by atoms with E-state index in [0.29, 0.717) is 54.1 Å². The first kappa shape index (κ1) is 27.6. The molecule has 0 radical (unpaired) electrons. The monoisotopic (exact) mass is 531 g/mol. The number of rotatable bonds is 10. The number of ether oxygens (including phenoxy) is 4. The zero-order valence-corrected chi connectivity index (χ0v) is 22.8. The Balaban J connectivity index is 1.97. The van der Waals surface area contributed by atoms with Gasteiger partial charge in [-0.05, 0) is 75.2 Å². The Hall–Kier alpha value is -4.46. The fraction of sp³-hybridized carbons (Fsp3) is 0.290. The molecule has 1 N–H and O–H groups in total. The summed E-state index contributed by atoms with van der Waals surface area (Å²) in [7, 11) is 1.52. The van der Waals surface area contributed by atoms with Gasteiger partial charge in [0.1, 0.15) is 17.3 Å². The quantitative estimate of drug-likeness (QED) is 0.200. The normalized spacial score (nSPS) is 16.3. The molecule has 0 bridgehead atoms. The van der Waals surface area contributed by atoms with Crippen LogP contribution in [0.3, 0.4) is 0 Å². The molecule has 0 aliphatic carbocycles. The van der Waals surface area contributed by atoms with Crippen LogP contribution in [0.5, 0.6) is 23.0 Å². The summed E-state index contributed by atoms with van der Waals surface area (Å²) in [5, 5.41) is 11.7. The molecule has 1 atom stereocenters. The highest BCUT2D eigenvalue weighted by molar-refractivity contribution is 6.51. The van der Waals surface area contributed by atoms with Crippen molar-refractivity contribution < 1.29 is 33.6 Å². The van der Waals surface area contributed by atoms with E-state index in [1.807, 2.05) is 45.9 Å². The van der Waals surface area contributed by atoms with E-state index < -0.39 is 17.7 Å². The van der Waals surface area contributed by atoms with E-state index in [0.717, 1.165) is 5.56 Å². The zero-order valence-electron chi connectivity index (χ0n) is 22.8. The Bertz CT molecular complexity index is 1410. The Morgan fingerprint density at radius 3 is 2.23 bits per heavy atom. The number of nitrogens with zero attached hydrogens (tertiary/aromatic N) is 1. The first-order valence-corrected chi connectivity index (χ1v) is 12.9. The van der Waals surface area contributed by atoms with Crippen LogP contribution in [0.15, 0.2) is 66.2 Å². The van der Waals surface area contributed by atoms with Crippen molar-refractivity contribution in [2.75, 3.05) is 31.8 Å². The fourth-order valence-corrected chi connectivity index (χ4v) is 4.70. The van der Waals surface area contributed by atoms with Gasteiger partial charge in [0.05, 0.1) is 44.1 Å². The number of Topliss-reactive ketones (excluding diaryl/α,β-unsaturated/α-hetero) is 1. The standard InChI is InChI=1S/C31H33NO7/c1-6-37-22-13-14-23(25(18-22)39-8-3)29(33)27-28(20-12-15-24(38-7-2)26(17-20)36-5)32(31(35)30(27)34)21-11-9-10-19(4)16-21/h9-18,28,33H,6-8H2,1-5H3/b29-27+. The number of carbonyl (C=O) groups is 2. The summed E-state index contributed by atoms with van der Waals surface area (Å²) in [5.74, 6) is -0.0159. The molecular weight excluding hydrogens is 498 g/mol. The topological polar surface area (TPSA) is 94.5 Å². The molecule has 0 saturated carbocycles. The Morgan fingerprint density at radius 2 is 1.56 bits per heavy atom. The van der Waals surface area contributed by atoms with Crippen LogP contribution in [0.4, 0.5) is 5.69 Å². The summed E-state index contributed by atoms with van der Waals surface area (Å²) in [4.78, 5) is 28.6. The minimum Gasteiger partial charge on any atom is -0.507 e. The molecule has 1 unspecified atom stereocenters. The lowest BCUT2D eigenvalue weighted by molar-refractivity contribution is -0.132. The average molecular weight is 532 g/mol. The zero-order chi connectivity index (χ0) is 28.1. The van der Waals surface area contributed by atoms with Gasteiger partial charge in [0.25, 0.3) is 11.7 Å². The molecule has 8 heteroatoms. The highest BCUT2D eigenvalue weighted by Crippen LogP contribution is 2.45. The Morgan fingerprint density at radius 1 is 0.846 bits per heavy atom. The molecule has 1 fully saturated rings. The number of anilines is 1. The Labute approximate surface area is 228 Å². The summed E-state index contributed by atoms with van der Waals surface area (Å²) in [5.41, 5.74) is 2.25. The van der Waals surface area contributed by atoms with Crippen LogP contribution in [0.2, 0.25) is 0 Å². The highest BCUT2D eigenvalue weighted by atomic mass is 16.5. The maximum atomic E-state index is 13.6. The van der Waals surface area contributed by atoms with Gasteiger partial charge < -0.3 is 24.1 Å². The number of benzene rings is 3. The largest absolute Gasteiger partial charge is 0.507 e. The van der Waals surface area contributed by atoms with Crippen LogP contribution in [-0.4, -0.2) is 43.7 Å². The lowest BCUT2D eigenvalue weighted by Crippen LogP contribution is -2.29. The molecule has 1 saturated heterocycles. The van der Waals surface area contributed by atoms with Crippen molar-refractivity contribution in [1.82, 2.24) is 0 Å². The van der Waals surface area contributed by atoms with E-state index >= 15 is 0 Å². The van der Waals surface area contributed by atoms with Gasteiger partial charge in [-0.25, -0.2) is 0 Å². The maximum absolute atomic E-state index is 13.6. The average Bonchev–Trinajstić information content (AvgIpc) is 3.19. The molecule has 0 aromatic heterocycles. The molecule has 1 aliphatic rings. The lowest BCUT2D eigenvalue weighted by atomic mass is 9.94. The molecule has 8 nitrogen and oxygen atoms in total. The van der Waals surface area contributed by atoms with Gasteiger partial charge in [-0.3, -0.25) is 14.5 Å². The second-order valence-electron chi connectivity index (χ2n) is 8.88. The fourth-order valence-electron chi connectivity index (χ4n) is 4.70. The van der Waals surface area contributed by atoms with E-state index in [1.54, 1.807) is 42.5 Å². The van der Waals surface area contributed by atoms with E-state index in [9.17, 15) is 14.7 Å². The summed E-state index contributed by atoms with van der Waals surface area (Å²) < 4.78 is 22.6. The van der Waals surface area contributed by atoms with Crippen LogP contribution in [-0.2, 0) is 9.59 Å². The molecule has 1 aliphatic heterocycles. The smallest absolute Gasteiger partial charge is 0.300 e.